The van der Waals surface area contributed by atoms with Gasteiger partial charge in [-0.15, -0.1) is 8.78 Å². The Bertz CT molecular complexity index is 723. The molecule has 0 spiro atoms. The number of carbonyl (C=O) groups is 1. The second-order valence-corrected chi connectivity index (χ2v) is 7.49. The third-order valence-electron chi connectivity index (χ3n) is 3.19. The Hall–Kier alpha value is -1.61. The number of benzene rings is 1. The second kappa shape index (κ2) is 4.44. The van der Waals surface area contributed by atoms with Crippen molar-refractivity contribution in [1.29, 1.82) is 0 Å². The van der Waals surface area contributed by atoms with Crippen LogP contribution in [0, 0.1) is 0 Å². The molecule has 114 valence electrons. The minimum atomic E-state index is -3.92. The van der Waals surface area contributed by atoms with Crippen molar-refractivity contribution < 1.29 is 31.5 Å². The van der Waals surface area contributed by atoms with Gasteiger partial charge in [-0.25, -0.2) is 8.42 Å². The maximum absolute atomic E-state index is 13.1. The predicted octanol–water partition coefficient (Wildman–Crippen LogP) is 1.68. The van der Waals surface area contributed by atoms with Gasteiger partial charge in [0.1, 0.15) is 5.25 Å². The van der Waals surface area contributed by atoms with Crippen LogP contribution >= 0.6 is 10.7 Å². The predicted molar refractivity (Wildman–Crippen MR) is 68.2 cm³/mol. The van der Waals surface area contributed by atoms with Gasteiger partial charge in [0.05, 0.1) is 5.69 Å². The molecular weight excluding hydrogens is 332 g/mol. The number of nitrogens with zero attached hydrogens (tertiary/aromatic N) is 1. The number of alkyl halides is 2. The first-order valence-corrected chi connectivity index (χ1v) is 8.17. The van der Waals surface area contributed by atoms with Crippen LogP contribution in [0.1, 0.15) is 6.42 Å². The van der Waals surface area contributed by atoms with E-state index in [0.29, 0.717) is 0 Å². The number of fused-ring (bicyclic) bond motifs is 1. The topological polar surface area (TPSA) is 72.9 Å². The lowest BCUT2D eigenvalue weighted by Crippen LogP contribution is -2.28. The lowest BCUT2D eigenvalue weighted by atomic mass is 10.2. The molecule has 1 unspecified atom stereocenters. The molecule has 0 radical (unpaired) electrons. The molecule has 3 rings (SSSR count). The van der Waals surface area contributed by atoms with Gasteiger partial charge in [0.25, 0.3) is 0 Å². The minimum absolute atomic E-state index is 0.0255. The number of para-hydroxylation sites is 1. The van der Waals surface area contributed by atoms with E-state index in [2.05, 4.69) is 9.47 Å². The summed E-state index contributed by atoms with van der Waals surface area (Å²) in [6, 6.07) is 4.02. The van der Waals surface area contributed by atoms with Crippen molar-refractivity contribution >= 4 is 31.3 Å². The highest BCUT2D eigenvalue weighted by atomic mass is 35.7. The molecule has 1 saturated heterocycles. The molecule has 1 amide bonds. The summed E-state index contributed by atoms with van der Waals surface area (Å²) in [6.07, 6.45) is -4.13. The summed E-state index contributed by atoms with van der Waals surface area (Å²) in [5.74, 6) is -1.07. The van der Waals surface area contributed by atoms with Crippen LogP contribution in [0.4, 0.5) is 14.5 Å². The van der Waals surface area contributed by atoms with E-state index in [1.165, 1.54) is 18.2 Å². The van der Waals surface area contributed by atoms with Crippen LogP contribution in [0.2, 0.25) is 0 Å². The summed E-state index contributed by atoms with van der Waals surface area (Å²) in [5, 5.41) is -1.09. The molecule has 1 aromatic rings. The van der Waals surface area contributed by atoms with Gasteiger partial charge in [-0.1, -0.05) is 6.07 Å². The van der Waals surface area contributed by atoms with E-state index >= 15 is 0 Å². The maximum Gasteiger partial charge on any atom is 0.586 e. The zero-order valence-electron chi connectivity index (χ0n) is 10.3. The summed E-state index contributed by atoms with van der Waals surface area (Å²) >= 11 is 0. The Morgan fingerprint density at radius 1 is 1.33 bits per heavy atom. The Morgan fingerprint density at radius 2 is 2.05 bits per heavy atom. The number of ether oxygens (including phenoxy) is 2. The molecule has 0 aromatic heterocycles. The number of hydrogen-bond donors (Lipinski definition) is 0. The van der Waals surface area contributed by atoms with E-state index in [4.69, 9.17) is 10.7 Å². The Morgan fingerprint density at radius 3 is 2.67 bits per heavy atom. The van der Waals surface area contributed by atoms with Crippen LogP contribution in [0.15, 0.2) is 18.2 Å². The van der Waals surface area contributed by atoms with Crippen molar-refractivity contribution in [3.05, 3.63) is 18.2 Å². The molecule has 10 heteroatoms. The van der Waals surface area contributed by atoms with Crippen LogP contribution < -0.4 is 14.4 Å². The van der Waals surface area contributed by atoms with E-state index in [0.717, 1.165) is 4.90 Å². The van der Waals surface area contributed by atoms with Gasteiger partial charge in [0.2, 0.25) is 15.0 Å². The molecule has 0 saturated carbocycles. The van der Waals surface area contributed by atoms with Gasteiger partial charge in [-0.2, -0.15) is 0 Å². The fraction of sp³-hybridized carbons (Fsp3) is 0.364. The van der Waals surface area contributed by atoms with Gasteiger partial charge in [-0.05, 0) is 12.1 Å². The zero-order chi connectivity index (χ0) is 15.4. The van der Waals surface area contributed by atoms with Crippen molar-refractivity contribution in [2.45, 2.75) is 18.0 Å². The van der Waals surface area contributed by atoms with E-state index in [1.807, 2.05) is 0 Å². The quantitative estimate of drug-likeness (QED) is 0.767. The smallest absolute Gasteiger partial charge is 0.395 e. The maximum atomic E-state index is 13.1. The standard InChI is InChI=1S/C11H8ClF2NO5S/c12-21(17,18)6-4-9(16)15(5-6)7-2-1-3-8-10(7)20-11(13,14)19-8/h1-3,6H,4-5H2. The molecule has 1 aromatic carbocycles. The van der Waals surface area contributed by atoms with Crippen LogP contribution in [-0.2, 0) is 13.8 Å². The summed E-state index contributed by atoms with van der Waals surface area (Å²) in [5.41, 5.74) is 0.0255. The molecule has 1 atom stereocenters. The number of amides is 1. The average Bonchev–Trinajstić information content (AvgIpc) is 2.86. The van der Waals surface area contributed by atoms with Crippen molar-refractivity contribution in [3.8, 4) is 11.5 Å². The lowest BCUT2D eigenvalue weighted by Gasteiger charge is -2.17. The third-order valence-corrected chi connectivity index (χ3v) is 5.05. The molecule has 0 bridgehead atoms. The normalized spacial score (nSPS) is 23.7. The van der Waals surface area contributed by atoms with Gasteiger partial charge in [0.15, 0.2) is 11.5 Å². The van der Waals surface area contributed by atoms with Gasteiger partial charge >= 0.3 is 6.29 Å². The Balaban J connectivity index is 1.97. The molecular formula is C11H8ClF2NO5S. The largest absolute Gasteiger partial charge is 0.586 e. The van der Waals surface area contributed by atoms with Gasteiger partial charge in [-0.3, -0.25) is 4.79 Å². The van der Waals surface area contributed by atoms with E-state index < -0.39 is 26.5 Å². The summed E-state index contributed by atoms with van der Waals surface area (Å²) in [6.45, 7) is -0.226. The molecule has 0 aliphatic carbocycles. The highest BCUT2D eigenvalue weighted by molar-refractivity contribution is 8.14. The number of rotatable bonds is 2. The first-order valence-electron chi connectivity index (χ1n) is 5.80. The summed E-state index contributed by atoms with van der Waals surface area (Å²) < 4.78 is 57.5. The molecule has 2 aliphatic heterocycles. The lowest BCUT2D eigenvalue weighted by molar-refractivity contribution is -0.286. The zero-order valence-corrected chi connectivity index (χ0v) is 11.8. The van der Waals surface area contributed by atoms with Crippen molar-refractivity contribution in [1.82, 2.24) is 0 Å². The molecule has 0 N–H and O–H groups in total. The molecule has 6 nitrogen and oxygen atoms in total. The van der Waals surface area contributed by atoms with E-state index in [9.17, 15) is 22.0 Å². The molecule has 2 heterocycles. The number of hydrogen-bond acceptors (Lipinski definition) is 5. The van der Waals surface area contributed by atoms with Gasteiger partial charge < -0.3 is 14.4 Å². The third kappa shape index (κ3) is 2.51. The van der Waals surface area contributed by atoms with E-state index in [-0.39, 0.29) is 30.2 Å². The van der Waals surface area contributed by atoms with Crippen molar-refractivity contribution in [3.63, 3.8) is 0 Å². The highest BCUT2D eigenvalue weighted by Gasteiger charge is 2.47. The monoisotopic (exact) mass is 339 g/mol. The fourth-order valence-corrected chi connectivity index (χ4v) is 3.29. The number of anilines is 1. The van der Waals surface area contributed by atoms with Crippen LogP contribution in [0.3, 0.4) is 0 Å². The number of halogens is 3. The van der Waals surface area contributed by atoms with Crippen molar-refractivity contribution in [2.24, 2.45) is 0 Å². The summed E-state index contributed by atoms with van der Waals surface area (Å²) in [7, 11) is 1.31. The second-order valence-electron chi connectivity index (χ2n) is 4.58. The Labute approximate surface area is 122 Å². The highest BCUT2D eigenvalue weighted by Crippen LogP contribution is 2.48. The first-order chi connectivity index (χ1) is 9.67. The average molecular weight is 340 g/mol. The molecule has 21 heavy (non-hydrogen) atoms. The molecule has 2 aliphatic rings. The van der Waals surface area contributed by atoms with Crippen LogP contribution in [0.5, 0.6) is 11.5 Å². The first kappa shape index (κ1) is 14.3. The van der Waals surface area contributed by atoms with Crippen LogP contribution in [-0.4, -0.2) is 32.4 Å². The Kier molecular flexibility index (Phi) is 3.03. The van der Waals surface area contributed by atoms with Crippen molar-refractivity contribution in [2.75, 3.05) is 11.4 Å². The summed E-state index contributed by atoms with van der Waals surface area (Å²) in [4.78, 5) is 13.0. The number of carbonyl (C=O) groups excluding carboxylic acids is 1. The fourth-order valence-electron chi connectivity index (χ4n) is 2.26. The van der Waals surface area contributed by atoms with Gasteiger partial charge in [0, 0.05) is 23.6 Å². The van der Waals surface area contributed by atoms with E-state index in [1.54, 1.807) is 0 Å². The van der Waals surface area contributed by atoms with Crippen LogP contribution in [0.25, 0.3) is 0 Å². The minimum Gasteiger partial charge on any atom is -0.395 e. The SMILES string of the molecule is O=C1CC(S(=O)(=O)Cl)CN1c1cccc2c1OC(F)(F)O2. The molecule has 1 fully saturated rings.